The molecule has 0 aliphatic carbocycles. The average Bonchev–Trinajstić information content (AvgIpc) is 3.06. The molecule has 21 heavy (non-hydrogen) atoms. The van der Waals surface area contributed by atoms with E-state index in [2.05, 4.69) is 16.4 Å². The number of hydrogen-bond donors (Lipinski definition) is 2. The van der Waals surface area contributed by atoms with E-state index in [1.807, 2.05) is 11.4 Å². The summed E-state index contributed by atoms with van der Waals surface area (Å²) in [7, 11) is 0. The quantitative estimate of drug-likeness (QED) is 0.760. The van der Waals surface area contributed by atoms with Crippen LogP contribution in [-0.4, -0.2) is 10.9 Å². The number of rotatable bonds is 5. The number of aryl methyl sites for hydroxylation is 1. The lowest BCUT2D eigenvalue weighted by molar-refractivity contribution is -0.116. The molecule has 1 aromatic carbocycles. The third-order valence-corrected chi connectivity index (χ3v) is 4.05. The van der Waals surface area contributed by atoms with Crippen LogP contribution in [0.15, 0.2) is 44.9 Å². The van der Waals surface area contributed by atoms with Crippen LogP contribution in [-0.2, 0) is 11.2 Å². The standard InChI is InChI=1S/C15H14N2O3S/c18-14(5-1-3-11-4-2-8-21-11)16-10-6-7-13-12(9-10)17-15(19)20-13/h2,4,6-9H,1,3,5H2,(H,16,18)(H,17,19). The van der Waals surface area contributed by atoms with Gasteiger partial charge in [-0.05, 0) is 42.5 Å². The van der Waals surface area contributed by atoms with Gasteiger partial charge in [0.25, 0.3) is 0 Å². The van der Waals surface area contributed by atoms with Crippen molar-refractivity contribution >= 4 is 34.0 Å². The van der Waals surface area contributed by atoms with Crippen LogP contribution >= 0.6 is 11.3 Å². The van der Waals surface area contributed by atoms with Crippen molar-refractivity contribution in [3.05, 3.63) is 51.1 Å². The number of amides is 1. The second kappa shape index (κ2) is 5.97. The Hall–Kier alpha value is -2.34. The van der Waals surface area contributed by atoms with Crippen LogP contribution in [0.2, 0.25) is 0 Å². The zero-order valence-corrected chi connectivity index (χ0v) is 12.0. The van der Waals surface area contributed by atoms with Gasteiger partial charge in [0.15, 0.2) is 5.58 Å². The molecule has 0 saturated carbocycles. The minimum Gasteiger partial charge on any atom is -0.408 e. The molecule has 0 saturated heterocycles. The Morgan fingerprint density at radius 2 is 2.24 bits per heavy atom. The Morgan fingerprint density at radius 1 is 1.33 bits per heavy atom. The number of oxazole rings is 1. The number of hydrogen-bond acceptors (Lipinski definition) is 4. The molecule has 3 aromatic rings. The van der Waals surface area contributed by atoms with Crippen LogP contribution < -0.4 is 11.1 Å². The first-order valence-electron chi connectivity index (χ1n) is 6.66. The molecule has 3 rings (SSSR count). The zero-order valence-electron chi connectivity index (χ0n) is 11.2. The van der Waals surface area contributed by atoms with E-state index in [-0.39, 0.29) is 5.91 Å². The molecule has 0 aliphatic rings. The predicted octanol–water partition coefficient (Wildman–Crippen LogP) is 3.14. The maximum atomic E-state index is 11.9. The number of benzene rings is 1. The summed E-state index contributed by atoms with van der Waals surface area (Å²) in [6, 6.07) is 9.16. The largest absolute Gasteiger partial charge is 0.417 e. The first kappa shape index (κ1) is 13.6. The molecule has 0 fully saturated rings. The number of aromatic amines is 1. The van der Waals surface area contributed by atoms with E-state index in [1.165, 1.54) is 4.88 Å². The van der Waals surface area contributed by atoms with Gasteiger partial charge >= 0.3 is 5.76 Å². The SMILES string of the molecule is O=C(CCCc1cccs1)Nc1ccc2oc(=O)[nH]c2c1. The summed E-state index contributed by atoms with van der Waals surface area (Å²) in [5.41, 5.74) is 1.72. The van der Waals surface area contributed by atoms with Crippen molar-refractivity contribution < 1.29 is 9.21 Å². The maximum Gasteiger partial charge on any atom is 0.417 e. The van der Waals surface area contributed by atoms with Crippen molar-refractivity contribution in [2.75, 3.05) is 5.32 Å². The molecule has 0 unspecified atom stereocenters. The molecule has 108 valence electrons. The van der Waals surface area contributed by atoms with Crippen LogP contribution in [0.1, 0.15) is 17.7 Å². The number of nitrogens with one attached hydrogen (secondary N) is 2. The van der Waals surface area contributed by atoms with Gasteiger partial charge in [0.1, 0.15) is 0 Å². The summed E-state index contributed by atoms with van der Waals surface area (Å²) in [6.07, 6.45) is 2.20. The summed E-state index contributed by atoms with van der Waals surface area (Å²) < 4.78 is 4.91. The molecule has 2 N–H and O–H groups in total. The van der Waals surface area contributed by atoms with Crippen LogP contribution in [0.4, 0.5) is 5.69 Å². The number of anilines is 1. The lowest BCUT2D eigenvalue weighted by Crippen LogP contribution is -2.11. The van der Waals surface area contributed by atoms with Crippen molar-refractivity contribution in [1.82, 2.24) is 4.98 Å². The third-order valence-electron chi connectivity index (χ3n) is 3.11. The summed E-state index contributed by atoms with van der Waals surface area (Å²) in [5, 5.41) is 4.86. The number of carbonyl (C=O) groups excluding carboxylic acids is 1. The van der Waals surface area contributed by atoms with Gasteiger partial charge in [0.05, 0.1) is 5.52 Å². The summed E-state index contributed by atoms with van der Waals surface area (Å²) >= 11 is 1.71. The number of fused-ring (bicyclic) bond motifs is 1. The van der Waals surface area contributed by atoms with Crippen molar-refractivity contribution in [2.45, 2.75) is 19.3 Å². The Balaban J connectivity index is 1.56. The molecule has 5 nitrogen and oxygen atoms in total. The van der Waals surface area contributed by atoms with Gasteiger partial charge in [-0.25, -0.2) is 4.79 Å². The highest BCUT2D eigenvalue weighted by Gasteiger charge is 2.06. The summed E-state index contributed by atoms with van der Waals surface area (Å²) in [6.45, 7) is 0. The van der Waals surface area contributed by atoms with E-state index >= 15 is 0 Å². The molecule has 0 spiro atoms. The highest BCUT2D eigenvalue weighted by Crippen LogP contribution is 2.17. The first-order valence-corrected chi connectivity index (χ1v) is 7.54. The molecular weight excluding hydrogens is 288 g/mol. The molecule has 0 aliphatic heterocycles. The Morgan fingerprint density at radius 3 is 3.05 bits per heavy atom. The van der Waals surface area contributed by atoms with Crippen LogP contribution in [0.3, 0.4) is 0 Å². The van der Waals surface area contributed by atoms with E-state index in [4.69, 9.17) is 4.42 Å². The van der Waals surface area contributed by atoms with E-state index in [1.54, 1.807) is 29.5 Å². The van der Waals surface area contributed by atoms with Crippen molar-refractivity contribution in [3.63, 3.8) is 0 Å². The zero-order chi connectivity index (χ0) is 14.7. The fourth-order valence-corrected chi connectivity index (χ4v) is 2.88. The van der Waals surface area contributed by atoms with Crippen molar-refractivity contribution in [1.29, 1.82) is 0 Å². The van der Waals surface area contributed by atoms with Crippen LogP contribution in [0, 0.1) is 0 Å². The molecule has 6 heteroatoms. The molecule has 0 bridgehead atoms. The van der Waals surface area contributed by atoms with Crippen molar-refractivity contribution in [3.8, 4) is 0 Å². The third kappa shape index (κ3) is 3.41. The highest BCUT2D eigenvalue weighted by atomic mass is 32.1. The number of H-pyrrole nitrogens is 1. The smallest absolute Gasteiger partial charge is 0.408 e. The van der Waals surface area contributed by atoms with Gasteiger partial charge in [-0.1, -0.05) is 6.07 Å². The maximum absolute atomic E-state index is 11.9. The number of thiophene rings is 1. The molecule has 0 radical (unpaired) electrons. The minimum absolute atomic E-state index is 0.0308. The lowest BCUT2D eigenvalue weighted by atomic mass is 10.2. The fourth-order valence-electron chi connectivity index (χ4n) is 2.13. The number of aromatic nitrogens is 1. The second-order valence-corrected chi connectivity index (χ2v) is 5.74. The molecule has 1 amide bonds. The van der Waals surface area contributed by atoms with E-state index in [0.717, 1.165) is 12.8 Å². The molecule has 2 heterocycles. The van der Waals surface area contributed by atoms with E-state index in [0.29, 0.717) is 23.2 Å². The van der Waals surface area contributed by atoms with E-state index in [9.17, 15) is 9.59 Å². The Labute approximate surface area is 124 Å². The van der Waals surface area contributed by atoms with Crippen molar-refractivity contribution in [2.24, 2.45) is 0 Å². The van der Waals surface area contributed by atoms with Crippen LogP contribution in [0.5, 0.6) is 0 Å². The van der Waals surface area contributed by atoms with Gasteiger partial charge in [-0.3, -0.25) is 9.78 Å². The minimum atomic E-state index is -0.496. The van der Waals surface area contributed by atoms with Gasteiger partial charge in [-0.2, -0.15) is 0 Å². The Kier molecular flexibility index (Phi) is 3.87. The fraction of sp³-hybridized carbons (Fsp3) is 0.200. The highest BCUT2D eigenvalue weighted by molar-refractivity contribution is 7.09. The van der Waals surface area contributed by atoms with Gasteiger partial charge < -0.3 is 9.73 Å². The normalized spacial score (nSPS) is 10.9. The van der Waals surface area contributed by atoms with E-state index < -0.39 is 5.76 Å². The average molecular weight is 302 g/mol. The summed E-state index contributed by atoms with van der Waals surface area (Å²) in [5.74, 6) is -0.527. The lowest BCUT2D eigenvalue weighted by Gasteiger charge is -2.04. The number of carbonyl (C=O) groups is 1. The Bertz CT molecular complexity index is 802. The molecule has 0 atom stereocenters. The monoisotopic (exact) mass is 302 g/mol. The van der Waals surface area contributed by atoms with Gasteiger partial charge in [0, 0.05) is 17.0 Å². The molecular formula is C15H14N2O3S. The summed E-state index contributed by atoms with van der Waals surface area (Å²) in [4.78, 5) is 26.8. The van der Waals surface area contributed by atoms with Gasteiger partial charge in [-0.15, -0.1) is 11.3 Å². The van der Waals surface area contributed by atoms with Gasteiger partial charge in [0.2, 0.25) is 5.91 Å². The predicted molar refractivity (Wildman–Crippen MR) is 82.7 cm³/mol. The first-order chi connectivity index (χ1) is 10.2. The molecule has 2 aromatic heterocycles. The van der Waals surface area contributed by atoms with Crippen LogP contribution in [0.25, 0.3) is 11.1 Å². The second-order valence-electron chi connectivity index (χ2n) is 4.71. The topological polar surface area (TPSA) is 75.1 Å².